The molecule has 14 nitrogen and oxygen atoms in total. The van der Waals surface area contributed by atoms with E-state index < -0.39 is 16.1 Å². The molecule has 0 saturated carbocycles. The van der Waals surface area contributed by atoms with Crippen LogP contribution in [0.3, 0.4) is 0 Å². The van der Waals surface area contributed by atoms with E-state index in [1.54, 1.807) is 18.2 Å². The molecule has 0 radical (unpaired) electrons. The summed E-state index contributed by atoms with van der Waals surface area (Å²) in [6.07, 6.45) is 1.11. The van der Waals surface area contributed by atoms with Crippen molar-refractivity contribution in [1.29, 1.82) is 0 Å². The third kappa shape index (κ3) is 25.3. The lowest BCUT2D eigenvalue weighted by Gasteiger charge is -2.09. The van der Waals surface area contributed by atoms with Gasteiger partial charge in [0, 0.05) is 6.08 Å². The summed E-state index contributed by atoms with van der Waals surface area (Å²) in [5, 5.41) is 0. The van der Waals surface area contributed by atoms with Gasteiger partial charge in [-0.05, 0) is 12.1 Å². The Morgan fingerprint density at radius 1 is 0.500 bits per heavy atom. The van der Waals surface area contributed by atoms with Crippen molar-refractivity contribution < 1.29 is 64.8 Å². The normalized spacial score (nSPS) is 11.5. The van der Waals surface area contributed by atoms with Crippen LogP contribution in [0.5, 0.6) is 0 Å². The first-order valence-electron chi connectivity index (χ1n) is 14.5. The summed E-state index contributed by atoms with van der Waals surface area (Å²) in [7, 11) is -3.76. The third-order valence-electron chi connectivity index (χ3n) is 5.11. The Kier molecular flexibility index (Phi) is 27.0. The van der Waals surface area contributed by atoms with Crippen LogP contribution in [0, 0.1) is 0 Å². The summed E-state index contributed by atoms with van der Waals surface area (Å²) in [6, 6.07) is 7.96. The van der Waals surface area contributed by atoms with Gasteiger partial charge in [0.05, 0.1) is 130 Å². The molecule has 0 spiro atoms. The first-order chi connectivity index (χ1) is 21.6. The summed E-state index contributed by atoms with van der Waals surface area (Å²) in [5.41, 5.74) is 0. The Balaban J connectivity index is 1.68. The fourth-order valence-electron chi connectivity index (χ4n) is 2.98. The highest BCUT2D eigenvalue weighted by molar-refractivity contribution is 7.86. The van der Waals surface area contributed by atoms with Crippen molar-refractivity contribution in [3.8, 4) is 0 Å². The molecule has 0 fully saturated rings. The molecule has 0 atom stereocenters. The molecule has 15 heteroatoms. The average Bonchev–Trinajstić information content (AvgIpc) is 3.03. The van der Waals surface area contributed by atoms with Crippen LogP contribution >= 0.6 is 0 Å². The number of benzene rings is 1. The quantitative estimate of drug-likeness (QED) is 0.0464. The molecule has 44 heavy (non-hydrogen) atoms. The summed E-state index contributed by atoms with van der Waals surface area (Å²) in [4.78, 5) is 10.9. The molecular weight excluding hydrogens is 604 g/mol. The minimum atomic E-state index is -3.76. The molecule has 0 heterocycles. The van der Waals surface area contributed by atoms with Crippen molar-refractivity contribution in [1.82, 2.24) is 0 Å². The molecule has 0 N–H and O–H groups in total. The average molecular weight is 653 g/mol. The fourth-order valence-corrected chi connectivity index (χ4v) is 3.89. The molecule has 0 aliphatic carbocycles. The third-order valence-corrected chi connectivity index (χ3v) is 6.44. The molecule has 254 valence electrons. The van der Waals surface area contributed by atoms with Crippen molar-refractivity contribution >= 4 is 16.1 Å². The summed E-state index contributed by atoms with van der Waals surface area (Å²) in [6.45, 7) is 10.9. The van der Waals surface area contributed by atoms with Gasteiger partial charge in [0.25, 0.3) is 10.1 Å². The number of ether oxygens (including phenoxy) is 10. The fraction of sp³-hybridized carbons (Fsp3) is 0.690. The molecule has 0 amide bonds. The van der Waals surface area contributed by atoms with Crippen LogP contribution in [0.25, 0.3) is 0 Å². The van der Waals surface area contributed by atoms with Gasteiger partial charge in [-0.3, -0.25) is 4.18 Å². The lowest BCUT2D eigenvalue weighted by Crippen LogP contribution is -2.16. The van der Waals surface area contributed by atoms with Gasteiger partial charge in [-0.25, -0.2) is 4.79 Å². The van der Waals surface area contributed by atoms with Crippen molar-refractivity contribution in [2.45, 2.75) is 4.90 Å². The first-order valence-corrected chi connectivity index (χ1v) is 15.9. The van der Waals surface area contributed by atoms with Gasteiger partial charge in [-0.15, -0.1) is 0 Å². The van der Waals surface area contributed by atoms with Crippen LogP contribution in [0.4, 0.5) is 0 Å². The number of hydrogen-bond donors (Lipinski definition) is 0. The molecule has 1 rings (SSSR count). The van der Waals surface area contributed by atoms with Gasteiger partial charge in [0.1, 0.15) is 6.61 Å². The van der Waals surface area contributed by atoms with E-state index >= 15 is 0 Å². The van der Waals surface area contributed by atoms with Gasteiger partial charge in [-0.1, -0.05) is 24.8 Å². The Bertz CT molecular complexity index is 901. The first kappa shape index (κ1) is 40.0. The van der Waals surface area contributed by atoms with Crippen molar-refractivity contribution in [3.63, 3.8) is 0 Å². The zero-order chi connectivity index (χ0) is 31.8. The number of carbonyl (C=O) groups is 1. The van der Waals surface area contributed by atoms with Crippen LogP contribution in [0.1, 0.15) is 0 Å². The maximum Gasteiger partial charge on any atom is 0.330 e. The van der Waals surface area contributed by atoms with Crippen LogP contribution in [-0.4, -0.2) is 147 Å². The van der Waals surface area contributed by atoms with Crippen LogP contribution in [0.2, 0.25) is 0 Å². The van der Waals surface area contributed by atoms with E-state index in [1.807, 2.05) is 0 Å². The molecule has 1 aromatic rings. The van der Waals surface area contributed by atoms with Crippen molar-refractivity contribution in [3.05, 3.63) is 43.0 Å². The van der Waals surface area contributed by atoms with Crippen molar-refractivity contribution in [2.24, 2.45) is 0 Å². The summed E-state index contributed by atoms with van der Waals surface area (Å²) >= 11 is 0. The second-order valence-corrected chi connectivity index (χ2v) is 10.1. The molecule has 0 saturated heterocycles. The highest BCUT2D eigenvalue weighted by atomic mass is 32.2. The van der Waals surface area contributed by atoms with E-state index in [1.165, 1.54) is 12.1 Å². The molecule has 1 aromatic carbocycles. The second kappa shape index (κ2) is 29.7. The number of hydrogen-bond acceptors (Lipinski definition) is 14. The topological polar surface area (TPSA) is 153 Å². The maximum absolute atomic E-state index is 12.0. The van der Waals surface area contributed by atoms with Gasteiger partial charge in [0.15, 0.2) is 0 Å². The Hall–Kier alpha value is -2.02. The second-order valence-electron chi connectivity index (χ2n) is 8.47. The largest absolute Gasteiger partial charge is 0.460 e. The van der Waals surface area contributed by atoms with E-state index in [0.717, 1.165) is 6.08 Å². The Morgan fingerprint density at radius 3 is 1.11 bits per heavy atom. The number of rotatable bonds is 33. The summed E-state index contributed by atoms with van der Waals surface area (Å²) in [5.74, 6) is -0.467. The predicted molar refractivity (Wildman–Crippen MR) is 158 cm³/mol. The molecular formula is C29H48O14S. The van der Waals surface area contributed by atoms with Gasteiger partial charge in [-0.2, -0.15) is 8.42 Å². The van der Waals surface area contributed by atoms with E-state index in [4.69, 9.17) is 51.6 Å². The summed E-state index contributed by atoms with van der Waals surface area (Å²) < 4.78 is 82.1. The van der Waals surface area contributed by atoms with Gasteiger partial charge < -0.3 is 47.4 Å². The minimum absolute atomic E-state index is 0.0629. The highest BCUT2D eigenvalue weighted by Gasteiger charge is 2.13. The molecule has 0 aliphatic heterocycles. The Morgan fingerprint density at radius 2 is 0.795 bits per heavy atom. The van der Waals surface area contributed by atoms with Crippen LogP contribution < -0.4 is 0 Å². The number of carbonyl (C=O) groups excluding carboxylic acids is 1. The standard InChI is InChI=1S/C29H48O14S/c1-2-29(30)42-26-24-40-22-20-38-18-16-36-14-12-34-10-8-33-9-11-35-13-15-37-17-19-39-21-23-41-25-27-43-44(31,32)28-6-4-3-5-7-28/h2-7H,1,8-27H2. The monoisotopic (exact) mass is 652 g/mol. The van der Waals surface area contributed by atoms with Crippen LogP contribution in [-0.2, 0) is 66.5 Å². The maximum atomic E-state index is 12.0. The van der Waals surface area contributed by atoms with Crippen LogP contribution in [0.15, 0.2) is 47.9 Å². The molecule has 0 aliphatic rings. The number of esters is 1. The van der Waals surface area contributed by atoms with E-state index in [0.29, 0.717) is 112 Å². The molecule has 0 unspecified atom stereocenters. The lowest BCUT2D eigenvalue weighted by atomic mass is 10.4. The zero-order valence-electron chi connectivity index (χ0n) is 25.4. The van der Waals surface area contributed by atoms with Gasteiger partial charge in [0.2, 0.25) is 0 Å². The van der Waals surface area contributed by atoms with Crippen molar-refractivity contribution in [2.75, 3.05) is 132 Å². The van der Waals surface area contributed by atoms with E-state index in [-0.39, 0.29) is 24.7 Å². The Labute approximate surface area is 260 Å². The lowest BCUT2D eigenvalue weighted by molar-refractivity contribution is -0.139. The zero-order valence-corrected chi connectivity index (χ0v) is 26.3. The van der Waals surface area contributed by atoms with Gasteiger partial charge >= 0.3 is 5.97 Å². The predicted octanol–water partition coefficient (Wildman–Crippen LogP) is 1.27. The highest BCUT2D eigenvalue weighted by Crippen LogP contribution is 2.10. The molecule has 0 aromatic heterocycles. The van der Waals surface area contributed by atoms with E-state index in [2.05, 4.69) is 6.58 Å². The smallest absolute Gasteiger partial charge is 0.330 e. The molecule has 0 bridgehead atoms. The van der Waals surface area contributed by atoms with E-state index in [9.17, 15) is 13.2 Å². The minimum Gasteiger partial charge on any atom is -0.460 e. The SMILES string of the molecule is C=CC(=O)OCCOCCOCCOCCOCCOCCOCCOCCOCCOCCOS(=O)(=O)c1ccccc1.